The van der Waals surface area contributed by atoms with Gasteiger partial charge in [-0.15, -0.1) is 0 Å². The number of carboxylic acid groups (broad SMARTS) is 1. The second-order valence-electron chi connectivity index (χ2n) is 3.29. The lowest BCUT2D eigenvalue weighted by atomic mass is 9.85. The summed E-state index contributed by atoms with van der Waals surface area (Å²) in [4.78, 5) is 25.3. The van der Waals surface area contributed by atoms with Crippen LogP contribution >= 0.6 is 0 Å². The maximum Gasteiger partial charge on any atom is 0.338 e. The minimum Gasteiger partial charge on any atom is -0.479 e. The van der Waals surface area contributed by atoms with Gasteiger partial charge in [0, 0.05) is 6.54 Å². The van der Waals surface area contributed by atoms with Crippen LogP contribution in [0.25, 0.3) is 0 Å². The van der Waals surface area contributed by atoms with Crippen molar-refractivity contribution >= 4 is 12.0 Å². The van der Waals surface area contributed by atoms with Gasteiger partial charge in [-0.05, 0) is 18.8 Å². The van der Waals surface area contributed by atoms with E-state index in [0.29, 0.717) is 12.5 Å². The Morgan fingerprint density at radius 3 is 2.64 bits per heavy atom. The quantitative estimate of drug-likeness (QED) is 0.552. The van der Waals surface area contributed by atoms with Gasteiger partial charge in [0.2, 0.25) is 0 Å². The number of carbonyl (C=O) groups is 2. The van der Waals surface area contributed by atoms with Crippen LogP contribution in [0, 0.1) is 5.92 Å². The summed E-state index contributed by atoms with van der Waals surface area (Å²) in [5.74, 6) is -0.551. The van der Waals surface area contributed by atoms with Crippen molar-refractivity contribution in [3.63, 3.8) is 0 Å². The summed E-state index contributed by atoms with van der Waals surface area (Å²) in [6.07, 6.45) is 3.52. The molecule has 2 amide bonds. The monoisotopic (exact) mass is 202 g/mol. The van der Waals surface area contributed by atoms with Crippen LogP contribution in [-0.4, -0.2) is 30.3 Å². The van der Waals surface area contributed by atoms with Gasteiger partial charge in [-0.25, -0.2) is 15.1 Å². The summed E-state index contributed by atoms with van der Waals surface area (Å²) in [5, 5.41) is 10.8. The van der Waals surface area contributed by atoms with Crippen LogP contribution in [0.5, 0.6) is 0 Å². The molecule has 0 saturated heterocycles. The largest absolute Gasteiger partial charge is 0.479 e. The first-order valence-corrected chi connectivity index (χ1v) is 4.56. The van der Waals surface area contributed by atoms with Crippen molar-refractivity contribution in [3.05, 3.63) is 0 Å². The van der Waals surface area contributed by atoms with Crippen LogP contribution < -0.4 is 10.8 Å². The zero-order valence-electron chi connectivity index (χ0n) is 7.78. The molecule has 1 aliphatic rings. The topological polar surface area (TPSA) is 87.7 Å². The van der Waals surface area contributed by atoms with Gasteiger partial charge in [0.1, 0.15) is 0 Å². The summed E-state index contributed by atoms with van der Waals surface area (Å²) < 4.78 is 0. The number of hydrogen-bond acceptors (Lipinski definition) is 3. The highest BCUT2D eigenvalue weighted by atomic mass is 16.7. The third-order valence-corrected chi connectivity index (χ3v) is 2.14. The molecule has 0 aromatic heterocycles. The lowest BCUT2D eigenvalue weighted by molar-refractivity contribution is -0.144. The molecule has 14 heavy (non-hydrogen) atoms. The number of carboxylic acids is 1. The van der Waals surface area contributed by atoms with Gasteiger partial charge >= 0.3 is 12.0 Å². The van der Waals surface area contributed by atoms with Crippen molar-refractivity contribution in [1.29, 1.82) is 0 Å². The maximum atomic E-state index is 10.9. The van der Waals surface area contributed by atoms with E-state index in [4.69, 9.17) is 5.11 Å². The van der Waals surface area contributed by atoms with E-state index in [1.807, 2.05) is 5.48 Å². The zero-order chi connectivity index (χ0) is 10.4. The molecule has 80 valence electrons. The van der Waals surface area contributed by atoms with E-state index in [0.717, 1.165) is 12.8 Å². The molecule has 0 aliphatic heterocycles. The number of aliphatic carboxylic acids is 1. The molecule has 6 nitrogen and oxygen atoms in total. The van der Waals surface area contributed by atoms with Crippen molar-refractivity contribution in [2.24, 2.45) is 5.92 Å². The van der Waals surface area contributed by atoms with Gasteiger partial charge in [0.05, 0.1) is 0 Å². The molecule has 0 bridgehead atoms. The van der Waals surface area contributed by atoms with E-state index >= 15 is 0 Å². The Hall–Kier alpha value is -1.30. The van der Waals surface area contributed by atoms with Crippen LogP contribution in [-0.2, 0) is 9.63 Å². The SMILES string of the molecule is O=C(O)CONC(=O)NCC1CCC1. The fourth-order valence-electron chi connectivity index (χ4n) is 1.13. The minimum absolute atomic E-state index is 0.488. The van der Waals surface area contributed by atoms with Crippen LogP contribution in [0.4, 0.5) is 4.79 Å². The van der Waals surface area contributed by atoms with Gasteiger partial charge < -0.3 is 10.4 Å². The molecule has 1 saturated carbocycles. The van der Waals surface area contributed by atoms with Gasteiger partial charge in [-0.3, -0.25) is 4.84 Å². The molecule has 1 aliphatic carbocycles. The summed E-state index contributed by atoms with van der Waals surface area (Å²) in [6, 6.07) is -0.488. The smallest absolute Gasteiger partial charge is 0.338 e. The second kappa shape index (κ2) is 5.43. The zero-order valence-corrected chi connectivity index (χ0v) is 7.78. The number of rotatable bonds is 5. The normalized spacial score (nSPS) is 15.7. The lowest BCUT2D eigenvalue weighted by Crippen LogP contribution is -2.40. The van der Waals surface area contributed by atoms with Crippen LogP contribution in [0.3, 0.4) is 0 Å². The van der Waals surface area contributed by atoms with E-state index in [1.165, 1.54) is 6.42 Å². The molecule has 0 atom stereocenters. The number of hydroxylamine groups is 1. The predicted octanol–water partition coefficient (Wildman–Crippen LogP) is 0.102. The highest BCUT2D eigenvalue weighted by Crippen LogP contribution is 2.24. The van der Waals surface area contributed by atoms with Gasteiger partial charge in [0.15, 0.2) is 6.61 Å². The molecule has 0 spiro atoms. The van der Waals surface area contributed by atoms with Crippen molar-refractivity contribution < 1.29 is 19.5 Å². The highest BCUT2D eigenvalue weighted by molar-refractivity contribution is 5.73. The molecule has 0 radical (unpaired) electrons. The first-order valence-electron chi connectivity index (χ1n) is 4.56. The average molecular weight is 202 g/mol. The molecule has 0 heterocycles. The molecule has 0 aromatic rings. The van der Waals surface area contributed by atoms with Crippen LogP contribution in [0.2, 0.25) is 0 Å². The Labute approximate surface area is 81.6 Å². The molecular weight excluding hydrogens is 188 g/mol. The van der Waals surface area contributed by atoms with Crippen molar-refractivity contribution in [2.45, 2.75) is 19.3 Å². The Morgan fingerprint density at radius 2 is 2.14 bits per heavy atom. The van der Waals surface area contributed by atoms with Crippen LogP contribution in [0.15, 0.2) is 0 Å². The number of carbonyl (C=O) groups excluding carboxylic acids is 1. The molecule has 1 fully saturated rings. The molecule has 6 heteroatoms. The van der Waals surface area contributed by atoms with Gasteiger partial charge in [-0.1, -0.05) is 6.42 Å². The van der Waals surface area contributed by atoms with Gasteiger partial charge in [-0.2, -0.15) is 0 Å². The fourth-order valence-corrected chi connectivity index (χ4v) is 1.13. The fraction of sp³-hybridized carbons (Fsp3) is 0.750. The Morgan fingerprint density at radius 1 is 1.43 bits per heavy atom. The van der Waals surface area contributed by atoms with E-state index in [9.17, 15) is 9.59 Å². The molecular formula is C8H14N2O4. The summed E-state index contributed by atoms with van der Waals surface area (Å²) in [5.41, 5.74) is 1.99. The van der Waals surface area contributed by atoms with E-state index in [2.05, 4.69) is 10.2 Å². The minimum atomic E-state index is -1.12. The molecule has 3 N–H and O–H groups in total. The van der Waals surface area contributed by atoms with E-state index in [1.54, 1.807) is 0 Å². The number of amides is 2. The Bertz CT molecular complexity index is 215. The number of hydrogen-bond donors (Lipinski definition) is 3. The summed E-state index contributed by atoms with van der Waals surface area (Å²) in [6.45, 7) is 0.0963. The Balaban J connectivity index is 1.95. The van der Waals surface area contributed by atoms with Gasteiger partial charge in [0.25, 0.3) is 0 Å². The standard InChI is InChI=1S/C8H14N2O4/c11-7(12)5-14-10-8(13)9-4-6-2-1-3-6/h6H,1-5H2,(H,11,12)(H2,9,10,13). The lowest BCUT2D eigenvalue weighted by Gasteiger charge is -2.25. The van der Waals surface area contributed by atoms with E-state index in [-0.39, 0.29) is 0 Å². The number of urea groups is 1. The highest BCUT2D eigenvalue weighted by Gasteiger charge is 2.17. The predicted molar refractivity (Wildman–Crippen MR) is 47.5 cm³/mol. The van der Waals surface area contributed by atoms with Crippen molar-refractivity contribution in [2.75, 3.05) is 13.2 Å². The first kappa shape index (κ1) is 10.8. The van der Waals surface area contributed by atoms with E-state index < -0.39 is 18.6 Å². The van der Waals surface area contributed by atoms with Crippen LogP contribution in [0.1, 0.15) is 19.3 Å². The maximum absolute atomic E-state index is 10.9. The number of nitrogens with one attached hydrogen (secondary N) is 2. The Kier molecular flexibility index (Phi) is 4.18. The third kappa shape index (κ3) is 4.08. The summed E-state index contributed by atoms with van der Waals surface area (Å²) in [7, 11) is 0. The average Bonchev–Trinajstić information content (AvgIpc) is 2.00. The second-order valence-corrected chi connectivity index (χ2v) is 3.29. The molecule has 0 aromatic carbocycles. The third-order valence-electron chi connectivity index (χ3n) is 2.14. The first-order chi connectivity index (χ1) is 6.68. The molecule has 0 unspecified atom stereocenters. The summed E-state index contributed by atoms with van der Waals surface area (Å²) >= 11 is 0. The van der Waals surface area contributed by atoms with Crippen molar-refractivity contribution in [3.8, 4) is 0 Å². The molecule has 1 rings (SSSR count). The van der Waals surface area contributed by atoms with Crippen molar-refractivity contribution in [1.82, 2.24) is 10.8 Å².